The zero-order valence-corrected chi connectivity index (χ0v) is 25.9. The fourth-order valence-corrected chi connectivity index (χ4v) is 5.79. The van der Waals surface area contributed by atoms with Gasteiger partial charge in [0.2, 0.25) is 0 Å². The minimum absolute atomic E-state index is 0.0573. The molecule has 45 heavy (non-hydrogen) atoms. The summed E-state index contributed by atoms with van der Waals surface area (Å²) in [6.07, 6.45) is 19.2. The number of hydrogen-bond donors (Lipinski definition) is 3. The minimum atomic E-state index is -0.571. The van der Waals surface area contributed by atoms with E-state index in [2.05, 4.69) is 24.0 Å². The number of hydrogen-bond acceptors (Lipinski definition) is 7. The van der Waals surface area contributed by atoms with Crippen LogP contribution in [0, 0.1) is 42.4 Å². The lowest BCUT2D eigenvalue weighted by Crippen LogP contribution is -2.23. The molecule has 3 N–H and O–H groups in total. The quantitative estimate of drug-likeness (QED) is 0.0653. The van der Waals surface area contributed by atoms with Crippen molar-refractivity contribution in [1.29, 1.82) is 0 Å². The molecule has 0 bridgehead atoms. The fraction of sp³-hybridized carbons (Fsp3) is 0.474. The lowest BCUT2D eigenvalue weighted by atomic mass is 9.85. The van der Waals surface area contributed by atoms with Crippen molar-refractivity contribution in [3.8, 4) is 30.4 Å². The van der Waals surface area contributed by atoms with Crippen LogP contribution in [0.2, 0.25) is 0 Å². The Kier molecular flexibility index (Phi) is 15.4. The third-order valence-corrected chi connectivity index (χ3v) is 8.38. The van der Waals surface area contributed by atoms with E-state index in [0.717, 1.165) is 6.42 Å². The molecule has 1 fully saturated rings. The number of aryl methyl sites for hydroxylation is 1. The van der Waals surface area contributed by atoms with Crippen LogP contribution in [-0.4, -0.2) is 52.2 Å². The van der Waals surface area contributed by atoms with Crippen molar-refractivity contribution in [3.05, 3.63) is 77.9 Å². The second kappa shape index (κ2) is 19.5. The summed E-state index contributed by atoms with van der Waals surface area (Å²) in [4.78, 5) is 24.6. The summed E-state index contributed by atoms with van der Waals surface area (Å²) in [5, 5.41) is 31.6. The first-order valence-electron chi connectivity index (χ1n) is 15.9. The Bertz CT molecular complexity index is 1270. The molecule has 0 spiro atoms. The van der Waals surface area contributed by atoms with Gasteiger partial charge in [0.15, 0.2) is 0 Å². The van der Waals surface area contributed by atoms with Crippen LogP contribution in [0.25, 0.3) is 0 Å². The molecule has 1 aliphatic carbocycles. The summed E-state index contributed by atoms with van der Waals surface area (Å²) in [6, 6.07) is 16.3. The van der Waals surface area contributed by atoms with E-state index in [1.165, 1.54) is 17.7 Å². The molecular weight excluding hydrogens is 568 g/mol. The van der Waals surface area contributed by atoms with Gasteiger partial charge in [-0.1, -0.05) is 42.5 Å². The van der Waals surface area contributed by atoms with Gasteiger partial charge in [-0.25, -0.2) is 4.79 Å². The van der Waals surface area contributed by atoms with E-state index in [1.807, 2.05) is 30.4 Å². The molecule has 7 heteroatoms. The number of aliphatic hydroxyl groups is 3. The molecule has 7 nitrogen and oxygen atoms in total. The monoisotopic (exact) mass is 614 g/mol. The van der Waals surface area contributed by atoms with Crippen LogP contribution in [0.4, 0.5) is 0 Å². The summed E-state index contributed by atoms with van der Waals surface area (Å²) >= 11 is 0. The number of benzene rings is 2. The van der Waals surface area contributed by atoms with Crippen molar-refractivity contribution in [1.82, 2.24) is 0 Å². The number of carbonyl (C=O) groups excluding carboxylic acids is 2. The molecule has 240 valence electrons. The average Bonchev–Trinajstić information content (AvgIpc) is 3.31. The van der Waals surface area contributed by atoms with Gasteiger partial charge in [0.25, 0.3) is 0 Å². The van der Waals surface area contributed by atoms with E-state index in [4.69, 9.17) is 22.3 Å². The zero-order chi connectivity index (χ0) is 32.4. The molecule has 0 radical (unpaired) electrons. The topological polar surface area (TPSA) is 113 Å². The lowest BCUT2D eigenvalue weighted by Gasteiger charge is -2.23. The third-order valence-electron chi connectivity index (χ3n) is 8.38. The molecule has 0 amide bonds. The Balaban J connectivity index is 1.33. The molecule has 0 heterocycles. The number of terminal acetylenes is 2. The largest absolute Gasteiger partial charge is 0.462 e. The summed E-state index contributed by atoms with van der Waals surface area (Å²) in [5.41, 5.74) is 1.53. The summed E-state index contributed by atoms with van der Waals surface area (Å²) in [7, 11) is 0. The van der Waals surface area contributed by atoms with E-state index in [9.17, 15) is 24.9 Å². The molecule has 0 saturated heterocycles. The Hall–Kier alpha value is -3.88. The van der Waals surface area contributed by atoms with Crippen LogP contribution in [0.5, 0.6) is 5.75 Å². The van der Waals surface area contributed by atoms with Crippen LogP contribution in [-0.2, 0) is 16.0 Å². The first-order valence-corrected chi connectivity index (χ1v) is 15.9. The molecule has 1 saturated carbocycles. The summed E-state index contributed by atoms with van der Waals surface area (Å²) < 4.78 is 10.7. The van der Waals surface area contributed by atoms with Crippen molar-refractivity contribution < 1.29 is 34.4 Å². The van der Waals surface area contributed by atoms with Crippen LogP contribution >= 0.6 is 0 Å². The molecule has 3 rings (SSSR count). The predicted octanol–water partition coefficient (Wildman–Crippen LogP) is 5.66. The fourth-order valence-electron chi connectivity index (χ4n) is 5.79. The molecule has 0 aliphatic heterocycles. The smallest absolute Gasteiger partial charge is 0.338 e. The SMILES string of the molecule is C#CCC(CC#C)COC(=O)c1ccc(OC(=O)CCC/C=C\C[C@@H]2[C@@H](CC[C@@H](O)CCc3ccccc3)[C@H](O)C[C@H]2O)cc1. The van der Waals surface area contributed by atoms with E-state index in [-0.39, 0.29) is 36.8 Å². The number of carbonyl (C=O) groups is 2. The van der Waals surface area contributed by atoms with Gasteiger partial charge in [0.05, 0.1) is 30.5 Å². The van der Waals surface area contributed by atoms with E-state index < -0.39 is 24.3 Å². The van der Waals surface area contributed by atoms with Gasteiger partial charge in [0, 0.05) is 25.2 Å². The lowest BCUT2D eigenvalue weighted by molar-refractivity contribution is -0.134. The number of ether oxygens (including phenoxy) is 2. The van der Waals surface area contributed by atoms with Crippen molar-refractivity contribution in [3.63, 3.8) is 0 Å². The van der Waals surface area contributed by atoms with Gasteiger partial charge in [0.1, 0.15) is 5.75 Å². The normalized spacial score (nSPS) is 20.0. The van der Waals surface area contributed by atoms with Gasteiger partial charge in [-0.2, -0.15) is 0 Å². The Morgan fingerprint density at radius 1 is 0.933 bits per heavy atom. The average molecular weight is 615 g/mol. The first kappa shape index (κ1) is 35.6. The molecule has 0 unspecified atom stereocenters. The number of unbranched alkanes of at least 4 members (excludes halogenated alkanes) is 1. The summed E-state index contributed by atoms with van der Waals surface area (Å²) in [5.74, 6) is 4.34. The number of rotatable bonds is 18. The van der Waals surface area contributed by atoms with Crippen molar-refractivity contribution >= 4 is 11.9 Å². The second-order valence-corrected chi connectivity index (χ2v) is 11.8. The maximum absolute atomic E-state index is 12.3. The van der Waals surface area contributed by atoms with Crippen molar-refractivity contribution in [2.45, 2.75) is 88.9 Å². The molecule has 2 aromatic rings. The Morgan fingerprint density at radius 2 is 1.62 bits per heavy atom. The molecule has 5 atom stereocenters. The van der Waals surface area contributed by atoms with Crippen molar-refractivity contribution in [2.24, 2.45) is 17.8 Å². The second-order valence-electron chi connectivity index (χ2n) is 11.8. The highest BCUT2D eigenvalue weighted by Crippen LogP contribution is 2.38. The molecular formula is C38H46O7. The maximum Gasteiger partial charge on any atom is 0.338 e. The van der Waals surface area contributed by atoms with Gasteiger partial charge in [-0.05, 0) is 93.0 Å². The Labute approximate surface area is 267 Å². The number of allylic oxidation sites excluding steroid dienone is 2. The standard InChI is InChI=1S/C38H46O7/c1-3-12-29(13-4-2)27-44-38(43)30-19-23-32(24-20-30)45-37(42)17-11-6-5-10-16-33-34(36(41)26-35(33)40)25-22-31(39)21-18-28-14-8-7-9-15-28/h1-2,5,7-10,14-15,19-20,23-24,29,31,33-36,39-41H,6,11-13,16-18,21-22,25-27H2/b10-5-/t31-,33+,34+,35+,36+/m0/s1. The van der Waals surface area contributed by atoms with Gasteiger partial charge in [-0.3, -0.25) is 4.79 Å². The first-order chi connectivity index (χ1) is 21.8. The molecule has 2 aromatic carbocycles. The van der Waals surface area contributed by atoms with Crippen LogP contribution < -0.4 is 4.74 Å². The highest BCUT2D eigenvalue weighted by molar-refractivity contribution is 5.89. The predicted molar refractivity (Wildman–Crippen MR) is 174 cm³/mol. The highest BCUT2D eigenvalue weighted by atomic mass is 16.5. The zero-order valence-electron chi connectivity index (χ0n) is 25.9. The van der Waals surface area contributed by atoms with E-state index in [1.54, 1.807) is 12.1 Å². The number of aliphatic hydroxyl groups excluding tert-OH is 3. The highest BCUT2D eigenvalue weighted by Gasteiger charge is 2.40. The maximum atomic E-state index is 12.3. The third kappa shape index (κ3) is 12.6. The van der Waals surface area contributed by atoms with Crippen molar-refractivity contribution in [2.75, 3.05) is 6.61 Å². The van der Waals surface area contributed by atoms with Gasteiger partial charge in [-0.15, -0.1) is 24.7 Å². The molecule has 1 aliphatic rings. The summed E-state index contributed by atoms with van der Waals surface area (Å²) in [6.45, 7) is 0.141. The number of esters is 2. The van der Waals surface area contributed by atoms with Crippen LogP contribution in [0.3, 0.4) is 0 Å². The van der Waals surface area contributed by atoms with E-state index in [0.29, 0.717) is 69.1 Å². The van der Waals surface area contributed by atoms with Crippen LogP contribution in [0.1, 0.15) is 80.1 Å². The minimum Gasteiger partial charge on any atom is -0.462 e. The van der Waals surface area contributed by atoms with E-state index >= 15 is 0 Å². The van der Waals surface area contributed by atoms with Gasteiger partial charge >= 0.3 is 11.9 Å². The Morgan fingerprint density at radius 3 is 2.31 bits per heavy atom. The van der Waals surface area contributed by atoms with Crippen LogP contribution in [0.15, 0.2) is 66.7 Å². The van der Waals surface area contributed by atoms with Gasteiger partial charge < -0.3 is 24.8 Å². The molecule has 0 aromatic heterocycles.